The molecule has 1 amide bonds. The molecule has 0 bridgehead atoms. The van der Waals surface area contributed by atoms with E-state index in [0.717, 1.165) is 35.9 Å². The number of alkyl halides is 3. The van der Waals surface area contributed by atoms with Crippen LogP contribution in [0.25, 0.3) is 0 Å². The van der Waals surface area contributed by atoms with E-state index in [1.165, 1.54) is 0 Å². The highest BCUT2D eigenvalue weighted by atomic mass is 32.2. The fraction of sp³-hybridized carbons (Fsp3) is 0.0952. The van der Waals surface area contributed by atoms with Crippen molar-refractivity contribution < 1.29 is 35.5 Å². The van der Waals surface area contributed by atoms with Gasteiger partial charge in [0, 0.05) is 0 Å². The van der Waals surface area contributed by atoms with E-state index in [4.69, 9.17) is 4.74 Å². The van der Waals surface area contributed by atoms with E-state index in [0.29, 0.717) is 17.9 Å². The van der Waals surface area contributed by atoms with Gasteiger partial charge in [-0.3, -0.25) is 4.79 Å². The zero-order valence-electron chi connectivity index (χ0n) is 15.9. The number of amides is 1. The molecule has 1 N–H and O–H groups in total. The van der Waals surface area contributed by atoms with Crippen LogP contribution in [0.5, 0.6) is 11.5 Å². The first-order chi connectivity index (χ1) is 14.5. The predicted molar refractivity (Wildman–Crippen MR) is 104 cm³/mol. The summed E-state index contributed by atoms with van der Waals surface area (Å²) in [4.78, 5) is 11.8. The van der Waals surface area contributed by atoms with Gasteiger partial charge >= 0.3 is 6.18 Å². The van der Waals surface area contributed by atoms with E-state index in [-0.39, 0.29) is 5.75 Å². The highest BCUT2D eigenvalue weighted by Crippen LogP contribution is 2.31. The van der Waals surface area contributed by atoms with Gasteiger partial charge in [0.1, 0.15) is 17.3 Å². The number of rotatable bonds is 5. The molecule has 0 unspecified atom stereocenters. The smallest absolute Gasteiger partial charge is 0.416 e. The van der Waals surface area contributed by atoms with Gasteiger partial charge < -0.3 is 4.74 Å². The van der Waals surface area contributed by atoms with Crippen molar-refractivity contribution in [2.45, 2.75) is 18.0 Å². The lowest BCUT2D eigenvalue weighted by Gasteiger charge is -2.13. The molecule has 31 heavy (non-hydrogen) atoms. The Bertz CT molecular complexity index is 1220. The van der Waals surface area contributed by atoms with Crippen molar-refractivity contribution in [3.05, 3.63) is 89.2 Å². The van der Waals surface area contributed by atoms with E-state index in [9.17, 15) is 30.8 Å². The van der Waals surface area contributed by atoms with Crippen molar-refractivity contribution in [1.82, 2.24) is 4.72 Å². The van der Waals surface area contributed by atoms with Gasteiger partial charge in [0.2, 0.25) is 0 Å². The Morgan fingerprint density at radius 3 is 2.29 bits per heavy atom. The monoisotopic (exact) mass is 453 g/mol. The highest BCUT2D eigenvalue weighted by Gasteiger charge is 2.32. The van der Waals surface area contributed by atoms with Crippen LogP contribution >= 0.6 is 0 Å². The number of carbonyl (C=O) groups is 1. The topological polar surface area (TPSA) is 72.5 Å². The summed E-state index contributed by atoms with van der Waals surface area (Å²) < 4.78 is 84.5. The summed E-state index contributed by atoms with van der Waals surface area (Å²) in [7, 11) is -4.68. The first-order valence-corrected chi connectivity index (χ1v) is 10.2. The van der Waals surface area contributed by atoms with Crippen molar-refractivity contribution >= 4 is 15.9 Å². The first-order valence-electron chi connectivity index (χ1n) is 8.74. The second kappa shape index (κ2) is 8.38. The average molecular weight is 453 g/mol. The van der Waals surface area contributed by atoms with Crippen LogP contribution in [-0.4, -0.2) is 14.3 Å². The molecular weight excluding hydrogens is 438 g/mol. The molecule has 0 radical (unpaired) electrons. The number of benzene rings is 3. The van der Waals surface area contributed by atoms with E-state index >= 15 is 0 Å². The Hall–Kier alpha value is -3.40. The molecule has 162 valence electrons. The number of aryl methyl sites for hydroxylation is 1. The summed E-state index contributed by atoms with van der Waals surface area (Å²) in [6.45, 7) is 1.85. The third-order valence-corrected chi connectivity index (χ3v) is 5.46. The summed E-state index contributed by atoms with van der Waals surface area (Å²) in [6, 6.07) is 12.5. The number of nitrogens with one attached hydrogen (secondary N) is 1. The van der Waals surface area contributed by atoms with Crippen LogP contribution in [-0.2, 0) is 16.2 Å². The molecule has 0 atom stereocenters. The lowest BCUT2D eigenvalue weighted by molar-refractivity contribution is -0.137. The summed E-state index contributed by atoms with van der Waals surface area (Å²) in [5.74, 6) is -1.93. The van der Waals surface area contributed by atoms with Crippen LogP contribution < -0.4 is 9.46 Å². The maximum atomic E-state index is 13.7. The van der Waals surface area contributed by atoms with Crippen LogP contribution in [0.1, 0.15) is 21.5 Å². The van der Waals surface area contributed by atoms with Crippen LogP contribution in [0, 0.1) is 12.7 Å². The minimum atomic E-state index is -4.77. The Morgan fingerprint density at radius 2 is 1.65 bits per heavy atom. The normalized spacial score (nSPS) is 11.8. The summed E-state index contributed by atoms with van der Waals surface area (Å²) in [6.07, 6.45) is -4.77. The van der Waals surface area contributed by atoms with Crippen LogP contribution in [0.4, 0.5) is 17.6 Å². The third-order valence-electron chi connectivity index (χ3n) is 4.13. The van der Waals surface area contributed by atoms with Gasteiger partial charge in [-0.2, -0.15) is 13.2 Å². The largest absolute Gasteiger partial charge is 0.457 e. The quantitative estimate of drug-likeness (QED) is 0.548. The molecule has 0 heterocycles. The second-order valence-corrected chi connectivity index (χ2v) is 8.20. The minimum Gasteiger partial charge on any atom is -0.457 e. The standard InChI is InChI=1S/C21H15F4NO4S/c1-13-5-8-16(9-6-13)30-19-10-7-15(22)12-18(19)20(27)26-31(28,29)17-4-2-3-14(11-17)21(23,24)25/h2-12H,1H3,(H,26,27). The van der Waals surface area contributed by atoms with Crippen molar-refractivity contribution in [2.75, 3.05) is 0 Å². The zero-order chi connectivity index (χ0) is 22.8. The summed E-state index contributed by atoms with van der Waals surface area (Å²) >= 11 is 0. The summed E-state index contributed by atoms with van der Waals surface area (Å²) in [5, 5.41) is 0. The average Bonchev–Trinajstić information content (AvgIpc) is 2.70. The van der Waals surface area contributed by atoms with Gasteiger partial charge in [-0.25, -0.2) is 17.5 Å². The fourth-order valence-corrected chi connectivity index (χ4v) is 3.59. The lowest BCUT2D eigenvalue weighted by atomic mass is 10.2. The second-order valence-electron chi connectivity index (χ2n) is 6.52. The van der Waals surface area contributed by atoms with Crippen LogP contribution in [0.3, 0.4) is 0 Å². The number of carbonyl (C=O) groups excluding carboxylic acids is 1. The van der Waals surface area contributed by atoms with E-state index in [1.807, 2.05) is 6.92 Å². The molecule has 3 rings (SSSR count). The third kappa shape index (κ3) is 5.40. The maximum Gasteiger partial charge on any atom is 0.416 e. The van der Waals surface area contributed by atoms with Crippen molar-refractivity contribution in [3.63, 3.8) is 0 Å². The molecule has 5 nitrogen and oxygen atoms in total. The fourth-order valence-electron chi connectivity index (χ4n) is 2.58. The molecule has 3 aromatic carbocycles. The van der Waals surface area contributed by atoms with Crippen LogP contribution in [0.2, 0.25) is 0 Å². The molecule has 0 saturated heterocycles. The first kappa shape index (κ1) is 22.3. The van der Waals surface area contributed by atoms with E-state index < -0.39 is 43.9 Å². The van der Waals surface area contributed by atoms with Gasteiger partial charge in [0.25, 0.3) is 15.9 Å². The Kier molecular flexibility index (Phi) is 6.03. The minimum absolute atomic E-state index is 0.137. The highest BCUT2D eigenvalue weighted by molar-refractivity contribution is 7.90. The Balaban J connectivity index is 1.91. The molecule has 3 aromatic rings. The summed E-state index contributed by atoms with van der Waals surface area (Å²) in [5.41, 5.74) is -0.704. The van der Waals surface area contributed by atoms with Crippen LogP contribution in [0.15, 0.2) is 71.6 Å². The molecule has 0 aliphatic rings. The lowest BCUT2D eigenvalue weighted by Crippen LogP contribution is -2.31. The van der Waals surface area contributed by atoms with Gasteiger partial charge in [-0.15, -0.1) is 0 Å². The number of hydrogen-bond donors (Lipinski definition) is 1. The van der Waals surface area contributed by atoms with Crippen molar-refractivity contribution in [3.8, 4) is 11.5 Å². The molecular formula is C21H15F4NO4S. The molecule has 0 aliphatic carbocycles. The number of ether oxygens (including phenoxy) is 1. The zero-order valence-corrected chi connectivity index (χ0v) is 16.7. The number of hydrogen-bond acceptors (Lipinski definition) is 4. The Morgan fingerprint density at radius 1 is 0.968 bits per heavy atom. The molecule has 0 aromatic heterocycles. The molecule has 0 aliphatic heterocycles. The van der Waals surface area contributed by atoms with E-state index in [2.05, 4.69) is 0 Å². The Labute approximate surface area is 175 Å². The predicted octanol–water partition coefficient (Wildman–Crippen LogP) is 5.06. The number of sulfonamides is 1. The van der Waals surface area contributed by atoms with Gasteiger partial charge in [-0.1, -0.05) is 23.8 Å². The molecule has 0 fully saturated rings. The molecule has 10 heteroatoms. The van der Waals surface area contributed by atoms with E-state index in [1.54, 1.807) is 29.0 Å². The van der Waals surface area contributed by atoms with Gasteiger partial charge in [0.05, 0.1) is 16.0 Å². The SMILES string of the molecule is Cc1ccc(Oc2ccc(F)cc2C(=O)NS(=O)(=O)c2cccc(C(F)(F)F)c2)cc1. The molecule has 0 saturated carbocycles. The maximum absolute atomic E-state index is 13.7. The van der Waals surface area contributed by atoms with Crippen molar-refractivity contribution in [2.24, 2.45) is 0 Å². The number of halogens is 4. The van der Waals surface area contributed by atoms with Crippen molar-refractivity contribution in [1.29, 1.82) is 0 Å². The molecule has 0 spiro atoms. The van der Waals surface area contributed by atoms with Gasteiger partial charge in [0.15, 0.2) is 0 Å². The van der Waals surface area contributed by atoms with Gasteiger partial charge in [-0.05, 0) is 55.5 Å².